The third kappa shape index (κ3) is 2.88. The van der Waals surface area contributed by atoms with Crippen molar-refractivity contribution in [1.29, 1.82) is 0 Å². The van der Waals surface area contributed by atoms with E-state index in [2.05, 4.69) is 10.3 Å². The van der Waals surface area contributed by atoms with E-state index in [-0.39, 0.29) is 0 Å². The van der Waals surface area contributed by atoms with E-state index in [1.165, 1.54) is 25.0 Å². The van der Waals surface area contributed by atoms with Crippen molar-refractivity contribution >= 4 is 16.9 Å². The molecular formula is C9H16N2OS. The van der Waals surface area contributed by atoms with Gasteiger partial charge >= 0.3 is 0 Å². The second kappa shape index (κ2) is 4.86. The van der Waals surface area contributed by atoms with Crippen LogP contribution in [-0.4, -0.2) is 36.7 Å². The first-order valence-electron chi connectivity index (χ1n) is 4.98. The average molecular weight is 200 g/mol. The highest BCUT2D eigenvalue weighted by molar-refractivity contribution is 8.13. The van der Waals surface area contributed by atoms with Gasteiger partial charge in [-0.05, 0) is 19.3 Å². The zero-order valence-electron chi connectivity index (χ0n) is 7.79. The van der Waals surface area contributed by atoms with Crippen molar-refractivity contribution in [2.45, 2.75) is 25.4 Å². The van der Waals surface area contributed by atoms with Crippen LogP contribution in [0.5, 0.6) is 0 Å². The van der Waals surface area contributed by atoms with Crippen LogP contribution in [0.4, 0.5) is 0 Å². The lowest BCUT2D eigenvalue weighted by atomic mass is 10.2. The molecule has 3 nitrogen and oxygen atoms in total. The van der Waals surface area contributed by atoms with Crippen LogP contribution in [0.3, 0.4) is 0 Å². The number of nitrogens with one attached hydrogen (secondary N) is 1. The maximum atomic E-state index is 5.52. The zero-order chi connectivity index (χ0) is 8.93. The minimum absolute atomic E-state index is 0.422. The fourth-order valence-electron chi connectivity index (χ4n) is 1.57. The Kier molecular flexibility index (Phi) is 3.49. The molecule has 0 amide bonds. The molecular weight excluding hydrogens is 184 g/mol. The molecule has 2 heterocycles. The summed E-state index contributed by atoms with van der Waals surface area (Å²) in [5, 5.41) is 4.46. The molecule has 0 radical (unpaired) electrons. The summed E-state index contributed by atoms with van der Waals surface area (Å²) in [5.74, 6) is 1.21. The van der Waals surface area contributed by atoms with Crippen molar-refractivity contribution < 1.29 is 4.74 Å². The minimum Gasteiger partial charge on any atom is -0.376 e. The Labute approximate surface area is 83.3 Å². The molecule has 4 heteroatoms. The fraction of sp³-hybridized carbons (Fsp3) is 0.889. The van der Waals surface area contributed by atoms with Crippen LogP contribution in [0.2, 0.25) is 0 Å². The second-order valence-electron chi connectivity index (χ2n) is 3.40. The molecule has 0 aliphatic carbocycles. The molecule has 1 atom stereocenters. The van der Waals surface area contributed by atoms with E-state index < -0.39 is 0 Å². The van der Waals surface area contributed by atoms with Gasteiger partial charge in [0.15, 0.2) is 5.17 Å². The number of thioether (sulfide) groups is 1. The van der Waals surface area contributed by atoms with E-state index in [0.29, 0.717) is 6.10 Å². The summed E-state index contributed by atoms with van der Waals surface area (Å²) in [6.45, 7) is 2.86. The molecule has 1 unspecified atom stereocenters. The topological polar surface area (TPSA) is 33.6 Å². The molecule has 0 spiro atoms. The highest BCUT2D eigenvalue weighted by Gasteiger charge is 2.16. The molecule has 2 aliphatic heterocycles. The van der Waals surface area contributed by atoms with E-state index >= 15 is 0 Å². The molecule has 74 valence electrons. The summed E-state index contributed by atoms with van der Waals surface area (Å²) in [4.78, 5) is 4.40. The SMILES string of the molecule is C1CN=C(NCC2CCCO2)SC1. The smallest absolute Gasteiger partial charge is 0.156 e. The predicted octanol–water partition coefficient (Wildman–Crippen LogP) is 1.25. The number of aliphatic imine (C=N–C) groups is 1. The largest absolute Gasteiger partial charge is 0.376 e. The highest BCUT2D eigenvalue weighted by atomic mass is 32.2. The van der Waals surface area contributed by atoms with Gasteiger partial charge < -0.3 is 10.1 Å². The first-order chi connectivity index (χ1) is 6.45. The molecule has 0 saturated carbocycles. The number of amidine groups is 1. The maximum Gasteiger partial charge on any atom is 0.156 e. The number of ether oxygens (including phenoxy) is 1. The molecule has 1 fully saturated rings. The van der Waals surface area contributed by atoms with Gasteiger partial charge in [-0.25, -0.2) is 0 Å². The summed E-state index contributed by atoms with van der Waals surface area (Å²) < 4.78 is 5.52. The van der Waals surface area contributed by atoms with Crippen LogP contribution in [-0.2, 0) is 4.74 Å². The monoisotopic (exact) mass is 200 g/mol. The summed E-state index contributed by atoms with van der Waals surface area (Å²) in [5.41, 5.74) is 0. The minimum atomic E-state index is 0.422. The molecule has 1 saturated heterocycles. The van der Waals surface area contributed by atoms with Gasteiger partial charge in [0.25, 0.3) is 0 Å². The summed E-state index contributed by atoms with van der Waals surface area (Å²) in [6, 6.07) is 0. The van der Waals surface area contributed by atoms with Gasteiger partial charge in [-0.15, -0.1) is 0 Å². The number of hydrogen-bond acceptors (Lipinski definition) is 4. The number of rotatable bonds is 2. The molecule has 2 aliphatic rings. The Morgan fingerprint density at radius 2 is 2.54 bits per heavy atom. The van der Waals surface area contributed by atoms with Crippen molar-refractivity contribution in [2.24, 2.45) is 4.99 Å². The first kappa shape index (κ1) is 9.34. The van der Waals surface area contributed by atoms with Gasteiger partial charge in [-0.1, -0.05) is 11.8 Å². The van der Waals surface area contributed by atoms with E-state index in [0.717, 1.165) is 24.9 Å². The Bertz CT molecular complexity index is 190. The molecule has 0 bridgehead atoms. The molecule has 13 heavy (non-hydrogen) atoms. The van der Waals surface area contributed by atoms with Crippen LogP contribution in [0.15, 0.2) is 4.99 Å². The molecule has 0 aromatic carbocycles. The Balaban J connectivity index is 1.68. The van der Waals surface area contributed by atoms with Crippen LogP contribution in [0, 0.1) is 0 Å². The van der Waals surface area contributed by atoms with Crippen molar-refractivity contribution in [2.75, 3.05) is 25.4 Å². The average Bonchev–Trinajstić information content (AvgIpc) is 2.69. The van der Waals surface area contributed by atoms with Gasteiger partial charge in [0, 0.05) is 25.4 Å². The van der Waals surface area contributed by atoms with Gasteiger partial charge in [-0.2, -0.15) is 0 Å². The summed E-state index contributed by atoms with van der Waals surface area (Å²) >= 11 is 1.83. The second-order valence-corrected chi connectivity index (χ2v) is 4.49. The third-order valence-corrected chi connectivity index (χ3v) is 3.34. The third-order valence-electron chi connectivity index (χ3n) is 2.30. The van der Waals surface area contributed by atoms with Crippen molar-refractivity contribution in [1.82, 2.24) is 5.32 Å². The van der Waals surface area contributed by atoms with E-state index in [1.807, 2.05) is 11.8 Å². The molecule has 1 N–H and O–H groups in total. The Morgan fingerprint density at radius 3 is 3.23 bits per heavy atom. The summed E-state index contributed by atoms with van der Waals surface area (Å²) in [6.07, 6.45) is 4.05. The fourth-order valence-corrected chi connectivity index (χ4v) is 2.41. The normalized spacial score (nSPS) is 28.6. The van der Waals surface area contributed by atoms with Gasteiger partial charge in [0.2, 0.25) is 0 Å². The standard InChI is InChI=1S/C9H16N2OS/c1-3-8(12-5-1)7-11-9-10-4-2-6-13-9/h8H,1-7H2,(H,10,11). The predicted molar refractivity (Wildman–Crippen MR) is 56.4 cm³/mol. The van der Waals surface area contributed by atoms with E-state index in [4.69, 9.17) is 4.74 Å². The molecule has 0 aromatic rings. The van der Waals surface area contributed by atoms with Crippen LogP contribution in [0.1, 0.15) is 19.3 Å². The van der Waals surface area contributed by atoms with Crippen molar-refractivity contribution in [3.8, 4) is 0 Å². The summed E-state index contributed by atoms with van der Waals surface area (Å²) in [7, 11) is 0. The van der Waals surface area contributed by atoms with E-state index in [1.54, 1.807) is 0 Å². The highest BCUT2D eigenvalue weighted by Crippen LogP contribution is 2.13. The van der Waals surface area contributed by atoms with E-state index in [9.17, 15) is 0 Å². The van der Waals surface area contributed by atoms with Crippen LogP contribution in [0.25, 0.3) is 0 Å². The van der Waals surface area contributed by atoms with Gasteiger partial charge in [-0.3, -0.25) is 4.99 Å². The lowest BCUT2D eigenvalue weighted by Crippen LogP contribution is -2.31. The first-order valence-corrected chi connectivity index (χ1v) is 5.96. The Morgan fingerprint density at radius 1 is 1.54 bits per heavy atom. The van der Waals surface area contributed by atoms with Crippen LogP contribution < -0.4 is 5.32 Å². The number of nitrogens with zero attached hydrogens (tertiary/aromatic N) is 1. The van der Waals surface area contributed by atoms with Crippen molar-refractivity contribution in [3.05, 3.63) is 0 Å². The Hall–Kier alpha value is -0.220. The van der Waals surface area contributed by atoms with Gasteiger partial charge in [0.1, 0.15) is 0 Å². The quantitative estimate of drug-likeness (QED) is 0.728. The number of hydrogen-bond donors (Lipinski definition) is 1. The molecule has 2 rings (SSSR count). The lowest BCUT2D eigenvalue weighted by molar-refractivity contribution is 0.114. The maximum absolute atomic E-state index is 5.52. The lowest BCUT2D eigenvalue weighted by Gasteiger charge is -2.15. The zero-order valence-corrected chi connectivity index (χ0v) is 8.61. The van der Waals surface area contributed by atoms with Gasteiger partial charge in [0.05, 0.1) is 6.10 Å². The molecule has 0 aromatic heterocycles. The van der Waals surface area contributed by atoms with Crippen LogP contribution >= 0.6 is 11.8 Å². The van der Waals surface area contributed by atoms with Crippen molar-refractivity contribution in [3.63, 3.8) is 0 Å².